The summed E-state index contributed by atoms with van der Waals surface area (Å²) in [6.07, 6.45) is 0. The van der Waals surface area contributed by atoms with Crippen molar-refractivity contribution >= 4 is 65.6 Å². The molecule has 5 heteroatoms. The Labute approximate surface area is 327 Å². The second-order valence-electron chi connectivity index (χ2n) is 14.5. The van der Waals surface area contributed by atoms with Crippen molar-refractivity contribution in [2.75, 3.05) is 0 Å². The summed E-state index contributed by atoms with van der Waals surface area (Å²) in [6, 6.07) is 68.0. The van der Waals surface area contributed by atoms with Crippen LogP contribution in [0.5, 0.6) is 0 Å². The number of fused-ring (bicyclic) bond motifs is 12. The van der Waals surface area contributed by atoms with Crippen LogP contribution in [0.4, 0.5) is 0 Å². The van der Waals surface area contributed by atoms with Crippen molar-refractivity contribution in [2.24, 2.45) is 0 Å². The number of benzene rings is 8. The van der Waals surface area contributed by atoms with E-state index in [0.717, 1.165) is 83.3 Å². The monoisotopic (exact) mass is 728 g/mol. The van der Waals surface area contributed by atoms with Crippen molar-refractivity contribution in [3.05, 3.63) is 194 Å². The second-order valence-corrected chi connectivity index (χ2v) is 14.5. The van der Waals surface area contributed by atoms with Crippen LogP contribution in [0.1, 0.15) is 0 Å². The van der Waals surface area contributed by atoms with E-state index < -0.39 is 0 Å². The maximum atomic E-state index is 6.99. The number of aromatic nitrogens is 4. The number of hydrogen-bond donors (Lipinski definition) is 0. The Balaban J connectivity index is 1.16. The molecular formula is C52H32N4O. The summed E-state index contributed by atoms with van der Waals surface area (Å²) in [5.74, 6) is 0.698. The first-order valence-corrected chi connectivity index (χ1v) is 19.3. The summed E-state index contributed by atoms with van der Waals surface area (Å²) in [7, 11) is 0. The molecule has 4 aromatic heterocycles. The van der Waals surface area contributed by atoms with Crippen molar-refractivity contribution in [3.8, 4) is 45.3 Å². The van der Waals surface area contributed by atoms with Crippen molar-refractivity contribution in [1.82, 2.24) is 19.1 Å². The van der Waals surface area contributed by atoms with Gasteiger partial charge < -0.3 is 13.6 Å². The van der Waals surface area contributed by atoms with E-state index in [2.05, 4.69) is 167 Å². The molecule has 0 N–H and O–H groups in total. The van der Waals surface area contributed by atoms with E-state index in [9.17, 15) is 0 Å². The van der Waals surface area contributed by atoms with Gasteiger partial charge in [0.05, 0.1) is 33.5 Å². The molecule has 0 aliphatic rings. The highest BCUT2D eigenvalue weighted by Gasteiger charge is 2.27. The molecule has 5 nitrogen and oxygen atoms in total. The fourth-order valence-corrected chi connectivity index (χ4v) is 8.85. The summed E-state index contributed by atoms with van der Waals surface area (Å²) in [5.41, 5.74) is 13.2. The van der Waals surface area contributed by atoms with Crippen LogP contribution in [0, 0.1) is 0 Å². The van der Waals surface area contributed by atoms with Gasteiger partial charge in [0, 0.05) is 60.4 Å². The summed E-state index contributed by atoms with van der Waals surface area (Å²) < 4.78 is 11.8. The minimum atomic E-state index is 0.698. The second kappa shape index (κ2) is 12.4. The molecule has 57 heavy (non-hydrogen) atoms. The molecule has 0 spiro atoms. The Morgan fingerprint density at radius 1 is 0.368 bits per heavy atom. The van der Waals surface area contributed by atoms with Crippen LogP contribution in [0.15, 0.2) is 199 Å². The van der Waals surface area contributed by atoms with E-state index in [4.69, 9.17) is 14.4 Å². The molecule has 0 saturated carbocycles. The smallest absolute Gasteiger partial charge is 0.160 e. The van der Waals surface area contributed by atoms with Gasteiger partial charge in [-0.3, -0.25) is 0 Å². The molecule has 0 amide bonds. The van der Waals surface area contributed by atoms with Crippen LogP contribution < -0.4 is 0 Å². The van der Waals surface area contributed by atoms with Crippen LogP contribution in [-0.4, -0.2) is 19.1 Å². The molecule has 0 unspecified atom stereocenters. The number of rotatable bonds is 5. The quantitative estimate of drug-likeness (QED) is 0.177. The van der Waals surface area contributed by atoms with Gasteiger partial charge in [-0.05, 0) is 48.5 Å². The van der Waals surface area contributed by atoms with Gasteiger partial charge in [-0.1, -0.05) is 146 Å². The minimum absolute atomic E-state index is 0.698. The van der Waals surface area contributed by atoms with E-state index in [0.29, 0.717) is 5.82 Å². The summed E-state index contributed by atoms with van der Waals surface area (Å²) >= 11 is 0. The number of hydrogen-bond acceptors (Lipinski definition) is 3. The van der Waals surface area contributed by atoms with Crippen molar-refractivity contribution in [1.29, 1.82) is 0 Å². The average Bonchev–Trinajstić information content (AvgIpc) is 3.95. The van der Waals surface area contributed by atoms with Gasteiger partial charge in [0.1, 0.15) is 5.58 Å². The lowest BCUT2D eigenvalue weighted by atomic mass is 10.0. The predicted molar refractivity (Wildman–Crippen MR) is 234 cm³/mol. The highest BCUT2D eigenvalue weighted by molar-refractivity contribution is 6.39. The lowest BCUT2D eigenvalue weighted by Gasteiger charge is -2.12. The molecule has 0 fully saturated rings. The van der Waals surface area contributed by atoms with Crippen molar-refractivity contribution in [2.45, 2.75) is 0 Å². The fraction of sp³-hybridized carbons (Fsp3) is 0. The highest BCUT2D eigenvalue weighted by atomic mass is 16.3. The lowest BCUT2D eigenvalue weighted by molar-refractivity contribution is 0.671. The molecular weight excluding hydrogens is 697 g/mol. The van der Waals surface area contributed by atoms with Gasteiger partial charge in [0.2, 0.25) is 0 Å². The zero-order chi connectivity index (χ0) is 37.5. The van der Waals surface area contributed by atoms with Crippen LogP contribution in [-0.2, 0) is 0 Å². The molecule has 0 saturated heterocycles. The third-order valence-electron chi connectivity index (χ3n) is 11.3. The Morgan fingerprint density at radius 2 is 0.860 bits per heavy atom. The van der Waals surface area contributed by atoms with Crippen LogP contribution in [0.25, 0.3) is 111 Å². The van der Waals surface area contributed by atoms with Gasteiger partial charge in [-0.2, -0.15) is 0 Å². The van der Waals surface area contributed by atoms with E-state index in [-0.39, 0.29) is 0 Å². The number of furan rings is 1. The molecule has 0 aliphatic carbocycles. The van der Waals surface area contributed by atoms with E-state index in [1.165, 1.54) is 21.7 Å². The van der Waals surface area contributed by atoms with Crippen molar-refractivity contribution in [3.63, 3.8) is 0 Å². The van der Waals surface area contributed by atoms with E-state index >= 15 is 0 Å². The van der Waals surface area contributed by atoms with Crippen LogP contribution in [0.2, 0.25) is 0 Å². The Kier molecular flexibility index (Phi) is 6.86. The standard InChI is InChI=1S/C52H32N4O/c1-4-16-33(17-5-1)41-32-42(54-52(53-41)35-18-6-2-7-19-35)34-28-30-37(31-29-34)56-44-26-14-11-23-39(44)48-49-46(47-40-24-12-15-27-45(40)57-51(47)50(48)56)38-22-10-13-25-43(38)55(49)36-20-8-3-9-21-36/h1-32H. The Bertz CT molecular complexity index is 3430. The number of para-hydroxylation sites is 4. The first-order chi connectivity index (χ1) is 28.3. The van der Waals surface area contributed by atoms with Gasteiger partial charge in [-0.25, -0.2) is 9.97 Å². The van der Waals surface area contributed by atoms with Gasteiger partial charge >= 0.3 is 0 Å². The van der Waals surface area contributed by atoms with Crippen LogP contribution >= 0.6 is 0 Å². The zero-order valence-electron chi connectivity index (χ0n) is 30.7. The van der Waals surface area contributed by atoms with Gasteiger partial charge in [0.25, 0.3) is 0 Å². The zero-order valence-corrected chi connectivity index (χ0v) is 30.7. The summed E-state index contributed by atoms with van der Waals surface area (Å²) in [5, 5.41) is 6.96. The summed E-state index contributed by atoms with van der Waals surface area (Å²) in [4.78, 5) is 10.1. The van der Waals surface area contributed by atoms with Gasteiger partial charge in [0.15, 0.2) is 11.4 Å². The minimum Gasteiger partial charge on any atom is -0.454 e. The Morgan fingerprint density at radius 3 is 1.53 bits per heavy atom. The normalized spacial score (nSPS) is 11.9. The first-order valence-electron chi connectivity index (χ1n) is 19.3. The molecule has 12 aromatic rings. The molecule has 12 rings (SSSR count). The molecule has 0 atom stereocenters. The maximum Gasteiger partial charge on any atom is 0.160 e. The molecule has 266 valence electrons. The first kappa shape index (κ1) is 31.6. The average molecular weight is 729 g/mol. The van der Waals surface area contributed by atoms with Crippen molar-refractivity contribution < 1.29 is 4.42 Å². The van der Waals surface area contributed by atoms with Gasteiger partial charge in [-0.15, -0.1) is 0 Å². The van der Waals surface area contributed by atoms with Crippen LogP contribution in [0.3, 0.4) is 0 Å². The molecule has 0 aliphatic heterocycles. The predicted octanol–water partition coefficient (Wildman–Crippen LogP) is 13.6. The topological polar surface area (TPSA) is 48.8 Å². The molecule has 0 radical (unpaired) electrons. The maximum absolute atomic E-state index is 6.99. The largest absolute Gasteiger partial charge is 0.454 e. The van der Waals surface area contributed by atoms with E-state index in [1.807, 2.05) is 36.4 Å². The molecule has 4 heterocycles. The third kappa shape index (κ3) is 4.76. The fourth-order valence-electron chi connectivity index (χ4n) is 8.85. The molecule has 0 bridgehead atoms. The summed E-state index contributed by atoms with van der Waals surface area (Å²) in [6.45, 7) is 0. The highest BCUT2D eigenvalue weighted by Crippen LogP contribution is 2.49. The Hall–Kier alpha value is -7.76. The SMILES string of the molecule is c1ccc(-c2cc(-c3ccc(-n4c5ccccc5c5c4c4oc6ccccc6c4c4c6ccccc6n(-c6ccccc6)c45)cc3)nc(-c3ccccc3)n2)cc1. The van der Waals surface area contributed by atoms with E-state index in [1.54, 1.807) is 0 Å². The number of nitrogens with zero attached hydrogens (tertiary/aromatic N) is 4. The molecule has 8 aromatic carbocycles. The lowest BCUT2D eigenvalue weighted by Crippen LogP contribution is -1.97. The third-order valence-corrected chi connectivity index (χ3v) is 11.3.